The Hall–Kier alpha value is -2.98. The second-order valence-corrected chi connectivity index (χ2v) is 7.72. The topological polar surface area (TPSA) is 51.2 Å². The van der Waals surface area contributed by atoms with Crippen LogP contribution in [0.25, 0.3) is 11.1 Å². The van der Waals surface area contributed by atoms with E-state index in [-0.39, 0.29) is 0 Å². The van der Waals surface area contributed by atoms with Gasteiger partial charge in [0.05, 0.1) is 7.11 Å². The molecule has 1 aromatic heterocycles. The number of methoxy groups -OCH3 is 1. The molecule has 0 amide bonds. The number of ether oxygens (including phenoxy) is 1. The lowest BCUT2D eigenvalue weighted by molar-refractivity contribution is 0.0594. The minimum Gasteiger partial charge on any atom is -0.464 e. The van der Waals surface area contributed by atoms with Crippen molar-refractivity contribution in [2.45, 2.75) is 60.3 Å². The van der Waals surface area contributed by atoms with Gasteiger partial charge in [-0.25, -0.2) is 9.78 Å². The monoisotopic (exact) mass is 462 g/mol. The average Bonchev–Trinajstić information content (AvgIpc) is 2.92. The second kappa shape index (κ2) is 16.6. The average molecular weight is 463 g/mol. The molecule has 0 bridgehead atoms. The van der Waals surface area contributed by atoms with E-state index in [9.17, 15) is 4.79 Å². The number of benzene rings is 2. The summed E-state index contributed by atoms with van der Waals surface area (Å²) in [5, 5.41) is 3.40. The van der Waals surface area contributed by atoms with Gasteiger partial charge in [0, 0.05) is 11.8 Å². The van der Waals surface area contributed by atoms with Crippen molar-refractivity contribution in [3.05, 3.63) is 89.2 Å². The standard InChI is InChI=1S/C14H13NO2.C12H17N.2C2H6/c1-10-3-5-11(6-4-10)12-7-8-13(15-9-12)14(16)17-2;1-10-2-4-11(5-3-10)12-6-8-13-9-7-12;2*1-2/h3-9H,1-2H3;2-5,12-13H,6-9H2,1H3;2*1-2H3. The first-order chi connectivity index (χ1) is 16.6. The second-order valence-electron chi connectivity index (χ2n) is 7.72. The normalized spacial score (nSPS) is 12.6. The molecule has 0 saturated carbocycles. The third-order valence-corrected chi connectivity index (χ3v) is 5.43. The fraction of sp³-hybridized carbons (Fsp3) is 0.400. The van der Waals surface area contributed by atoms with Crippen LogP contribution < -0.4 is 5.32 Å². The summed E-state index contributed by atoms with van der Waals surface area (Å²) in [4.78, 5) is 15.3. The van der Waals surface area contributed by atoms with Crippen LogP contribution in [0.2, 0.25) is 0 Å². The van der Waals surface area contributed by atoms with Gasteiger partial charge in [-0.15, -0.1) is 0 Å². The van der Waals surface area contributed by atoms with Gasteiger partial charge in [0.1, 0.15) is 5.69 Å². The summed E-state index contributed by atoms with van der Waals surface area (Å²) in [7, 11) is 1.35. The highest BCUT2D eigenvalue weighted by Crippen LogP contribution is 2.25. The lowest BCUT2D eigenvalue weighted by Crippen LogP contribution is -2.26. The Labute approximate surface area is 206 Å². The van der Waals surface area contributed by atoms with E-state index >= 15 is 0 Å². The van der Waals surface area contributed by atoms with E-state index in [1.54, 1.807) is 12.3 Å². The highest BCUT2D eigenvalue weighted by molar-refractivity contribution is 5.87. The molecule has 34 heavy (non-hydrogen) atoms. The zero-order valence-electron chi connectivity index (χ0n) is 22.0. The predicted molar refractivity (Wildman–Crippen MR) is 144 cm³/mol. The number of hydrogen-bond acceptors (Lipinski definition) is 4. The molecule has 4 rings (SSSR count). The Morgan fingerprint density at radius 2 is 1.29 bits per heavy atom. The van der Waals surface area contributed by atoms with Crippen molar-refractivity contribution < 1.29 is 9.53 Å². The van der Waals surface area contributed by atoms with Crippen LogP contribution in [0.1, 0.15) is 73.6 Å². The molecular formula is C30H42N2O2. The van der Waals surface area contributed by atoms with Gasteiger partial charge in [0.25, 0.3) is 0 Å². The molecule has 0 aliphatic carbocycles. The van der Waals surface area contributed by atoms with Crippen LogP contribution in [-0.4, -0.2) is 31.2 Å². The molecule has 0 atom stereocenters. The van der Waals surface area contributed by atoms with Crippen molar-refractivity contribution in [2.24, 2.45) is 0 Å². The Morgan fingerprint density at radius 3 is 1.76 bits per heavy atom. The van der Waals surface area contributed by atoms with Gasteiger partial charge in [-0.3, -0.25) is 0 Å². The Bertz CT molecular complexity index is 927. The van der Waals surface area contributed by atoms with Gasteiger partial charge < -0.3 is 10.1 Å². The highest BCUT2D eigenvalue weighted by atomic mass is 16.5. The van der Waals surface area contributed by atoms with Crippen molar-refractivity contribution in [2.75, 3.05) is 20.2 Å². The van der Waals surface area contributed by atoms with Crippen LogP contribution in [-0.2, 0) is 4.74 Å². The van der Waals surface area contributed by atoms with Gasteiger partial charge in [0.2, 0.25) is 0 Å². The molecule has 1 N–H and O–H groups in total. The third kappa shape index (κ3) is 9.48. The molecular weight excluding hydrogens is 420 g/mol. The SMILES string of the molecule is CC.CC.COC(=O)c1ccc(-c2ccc(C)cc2)cn1.Cc1ccc(C2CCNCC2)cc1. The molecule has 0 unspecified atom stereocenters. The number of nitrogens with one attached hydrogen (secondary N) is 1. The number of aromatic nitrogens is 1. The maximum absolute atomic E-state index is 11.2. The number of rotatable bonds is 3. The van der Waals surface area contributed by atoms with Crippen molar-refractivity contribution in [3.8, 4) is 11.1 Å². The smallest absolute Gasteiger partial charge is 0.356 e. The molecule has 2 heterocycles. The lowest BCUT2D eigenvalue weighted by Gasteiger charge is -2.22. The summed E-state index contributed by atoms with van der Waals surface area (Å²) in [5.74, 6) is 0.377. The van der Waals surface area contributed by atoms with E-state index in [2.05, 4.69) is 46.2 Å². The molecule has 4 heteroatoms. The number of nitrogens with zero attached hydrogens (tertiary/aromatic N) is 1. The molecule has 3 aromatic rings. The number of pyridine rings is 1. The molecule has 184 valence electrons. The van der Waals surface area contributed by atoms with Crippen LogP contribution >= 0.6 is 0 Å². The van der Waals surface area contributed by atoms with Gasteiger partial charge in [-0.1, -0.05) is 93.4 Å². The van der Waals surface area contributed by atoms with E-state index in [0.29, 0.717) is 5.69 Å². The Morgan fingerprint density at radius 1 is 0.794 bits per heavy atom. The summed E-state index contributed by atoms with van der Waals surface area (Å²) < 4.78 is 4.60. The molecule has 1 fully saturated rings. The van der Waals surface area contributed by atoms with Crippen molar-refractivity contribution in [3.63, 3.8) is 0 Å². The first-order valence-corrected chi connectivity index (χ1v) is 12.5. The van der Waals surface area contributed by atoms with Crippen LogP contribution in [0, 0.1) is 13.8 Å². The fourth-order valence-corrected chi connectivity index (χ4v) is 3.53. The zero-order valence-corrected chi connectivity index (χ0v) is 22.0. The van der Waals surface area contributed by atoms with E-state index in [1.165, 1.54) is 49.7 Å². The number of aryl methyl sites for hydroxylation is 2. The molecule has 4 nitrogen and oxygen atoms in total. The number of carbonyl (C=O) groups is 1. The zero-order chi connectivity index (χ0) is 25.3. The van der Waals surface area contributed by atoms with E-state index in [4.69, 9.17) is 0 Å². The molecule has 1 aliphatic heterocycles. The minimum absolute atomic E-state index is 0.323. The van der Waals surface area contributed by atoms with Crippen molar-refractivity contribution in [1.82, 2.24) is 10.3 Å². The molecule has 0 spiro atoms. The Balaban J connectivity index is 0.000000304. The summed E-state index contributed by atoms with van der Waals surface area (Å²) >= 11 is 0. The van der Waals surface area contributed by atoms with E-state index < -0.39 is 5.97 Å². The summed E-state index contributed by atoms with van der Waals surface area (Å²) in [6, 6.07) is 20.7. The molecule has 2 aromatic carbocycles. The number of hydrogen-bond donors (Lipinski definition) is 1. The first kappa shape index (κ1) is 29.1. The number of carbonyl (C=O) groups excluding carboxylic acids is 1. The Kier molecular flexibility index (Phi) is 14.2. The van der Waals surface area contributed by atoms with E-state index in [0.717, 1.165) is 17.0 Å². The minimum atomic E-state index is -0.416. The molecule has 1 saturated heterocycles. The fourth-order valence-electron chi connectivity index (χ4n) is 3.53. The maximum atomic E-state index is 11.2. The van der Waals surface area contributed by atoms with Crippen molar-refractivity contribution in [1.29, 1.82) is 0 Å². The quantitative estimate of drug-likeness (QED) is 0.413. The van der Waals surface area contributed by atoms with Gasteiger partial charge >= 0.3 is 5.97 Å². The summed E-state index contributed by atoms with van der Waals surface area (Å²) in [5.41, 5.74) is 6.48. The van der Waals surface area contributed by atoms with Crippen LogP contribution in [0.5, 0.6) is 0 Å². The molecule has 1 aliphatic rings. The van der Waals surface area contributed by atoms with Crippen LogP contribution in [0.4, 0.5) is 0 Å². The van der Waals surface area contributed by atoms with Gasteiger partial charge in [-0.2, -0.15) is 0 Å². The first-order valence-electron chi connectivity index (χ1n) is 12.5. The number of esters is 1. The lowest BCUT2D eigenvalue weighted by atomic mass is 9.90. The van der Waals surface area contributed by atoms with Crippen molar-refractivity contribution >= 4 is 5.97 Å². The van der Waals surface area contributed by atoms with E-state index in [1.807, 2.05) is 65.0 Å². The maximum Gasteiger partial charge on any atom is 0.356 e. The summed E-state index contributed by atoms with van der Waals surface area (Å²) in [6.07, 6.45) is 4.27. The third-order valence-electron chi connectivity index (χ3n) is 5.43. The molecule has 0 radical (unpaired) electrons. The van der Waals surface area contributed by atoms with Crippen LogP contribution in [0.15, 0.2) is 66.9 Å². The summed E-state index contributed by atoms with van der Waals surface area (Å²) in [6.45, 7) is 14.5. The largest absolute Gasteiger partial charge is 0.464 e. The number of piperidine rings is 1. The van der Waals surface area contributed by atoms with Gasteiger partial charge in [-0.05, 0) is 62.9 Å². The highest BCUT2D eigenvalue weighted by Gasteiger charge is 2.14. The van der Waals surface area contributed by atoms with Crippen LogP contribution in [0.3, 0.4) is 0 Å². The van der Waals surface area contributed by atoms with Gasteiger partial charge in [0.15, 0.2) is 0 Å². The predicted octanol–water partition coefficient (Wildman–Crippen LogP) is 7.36.